The zero-order chi connectivity index (χ0) is 14.9. The molecule has 1 aromatic rings. The lowest BCUT2D eigenvalue weighted by Gasteiger charge is -2.21. The summed E-state index contributed by atoms with van der Waals surface area (Å²) in [6.07, 6.45) is 2.61. The summed E-state index contributed by atoms with van der Waals surface area (Å²) >= 11 is 0. The topological polar surface area (TPSA) is 81.4 Å². The third kappa shape index (κ3) is 2.82. The lowest BCUT2D eigenvalue weighted by Crippen LogP contribution is -2.41. The van der Waals surface area contributed by atoms with Crippen molar-refractivity contribution in [2.45, 2.75) is 50.2 Å². The average molecular weight is 298 g/mol. The largest absolute Gasteiger partial charge is 0.398 e. The number of methoxy groups -OCH3 is 1. The second kappa shape index (κ2) is 5.71. The molecule has 112 valence electrons. The first-order valence-electron chi connectivity index (χ1n) is 6.77. The van der Waals surface area contributed by atoms with E-state index < -0.39 is 10.0 Å². The number of nitrogens with two attached hydrogens (primary N) is 1. The van der Waals surface area contributed by atoms with E-state index in [1.165, 1.54) is 0 Å². The highest BCUT2D eigenvalue weighted by molar-refractivity contribution is 7.89. The van der Waals surface area contributed by atoms with Gasteiger partial charge in [-0.3, -0.25) is 0 Å². The molecule has 0 radical (unpaired) electrons. The lowest BCUT2D eigenvalue weighted by molar-refractivity contribution is 0.0916. The molecular formula is C14H22N2O3S. The van der Waals surface area contributed by atoms with Crippen LogP contribution in [0.4, 0.5) is 5.69 Å². The Morgan fingerprint density at radius 3 is 2.65 bits per heavy atom. The summed E-state index contributed by atoms with van der Waals surface area (Å²) in [6, 6.07) is 3.31. The van der Waals surface area contributed by atoms with Crippen molar-refractivity contribution in [2.24, 2.45) is 0 Å². The molecule has 6 heteroatoms. The van der Waals surface area contributed by atoms with Gasteiger partial charge in [0.1, 0.15) is 0 Å². The van der Waals surface area contributed by atoms with Crippen molar-refractivity contribution in [3.05, 3.63) is 23.3 Å². The van der Waals surface area contributed by atoms with E-state index in [9.17, 15) is 8.42 Å². The fraction of sp³-hybridized carbons (Fsp3) is 0.571. The zero-order valence-corrected chi connectivity index (χ0v) is 13.0. The number of nitrogens with one attached hydrogen (secondary N) is 1. The van der Waals surface area contributed by atoms with Crippen LogP contribution in [0.2, 0.25) is 0 Å². The van der Waals surface area contributed by atoms with Crippen LogP contribution >= 0.6 is 0 Å². The Bertz CT molecular complexity index is 599. The molecule has 2 unspecified atom stereocenters. The maximum atomic E-state index is 12.6. The molecule has 1 saturated carbocycles. The third-order valence-corrected chi connectivity index (χ3v) is 5.75. The number of sulfonamides is 1. The summed E-state index contributed by atoms with van der Waals surface area (Å²) in [7, 11) is -1.96. The van der Waals surface area contributed by atoms with Gasteiger partial charge in [-0.15, -0.1) is 0 Å². The Balaban J connectivity index is 2.34. The molecule has 0 amide bonds. The van der Waals surface area contributed by atoms with Crippen LogP contribution in [0.15, 0.2) is 17.0 Å². The van der Waals surface area contributed by atoms with Crippen LogP contribution in [0, 0.1) is 13.8 Å². The van der Waals surface area contributed by atoms with Gasteiger partial charge in [-0.05, 0) is 50.3 Å². The van der Waals surface area contributed by atoms with Crippen molar-refractivity contribution in [2.75, 3.05) is 12.8 Å². The van der Waals surface area contributed by atoms with Gasteiger partial charge in [-0.25, -0.2) is 13.1 Å². The Labute approximate surface area is 120 Å². The number of hydrogen-bond acceptors (Lipinski definition) is 4. The molecule has 0 spiro atoms. The standard InChI is InChI=1S/C14H22N2O3S/c1-9-7-8-11(15)10(2)14(9)20(17,18)16-12-5-4-6-13(12)19-3/h7-8,12-13,16H,4-6,15H2,1-3H3. The number of ether oxygens (including phenoxy) is 1. The minimum Gasteiger partial charge on any atom is -0.398 e. The minimum atomic E-state index is -3.58. The van der Waals surface area contributed by atoms with Gasteiger partial charge >= 0.3 is 0 Å². The molecule has 1 aliphatic rings. The second-order valence-electron chi connectivity index (χ2n) is 5.36. The summed E-state index contributed by atoms with van der Waals surface area (Å²) in [5.41, 5.74) is 7.63. The van der Waals surface area contributed by atoms with Crippen LogP contribution in [-0.2, 0) is 14.8 Å². The van der Waals surface area contributed by atoms with Crippen molar-refractivity contribution >= 4 is 15.7 Å². The highest BCUT2D eigenvalue weighted by Gasteiger charge is 2.32. The van der Waals surface area contributed by atoms with Crippen molar-refractivity contribution in [1.29, 1.82) is 0 Å². The fourth-order valence-corrected chi connectivity index (χ4v) is 4.66. The molecule has 1 aliphatic carbocycles. The first-order chi connectivity index (χ1) is 9.36. The van der Waals surface area contributed by atoms with Crippen molar-refractivity contribution in [3.8, 4) is 0 Å². The van der Waals surface area contributed by atoms with Crippen LogP contribution in [-0.4, -0.2) is 27.7 Å². The molecule has 2 atom stereocenters. The van der Waals surface area contributed by atoms with E-state index in [1.807, 2.05) is 0 Å². The Morgan fingerprint density at radius 2 is 2.00 bits per heavy atom. The van der Waals surface area contributed by atoms with E-state index in [-0.39, 0.29) is 12.1 Å². The molecule has 5 nitrogen and oxygen atoms in total. The summed E-state index contributed by atoms with van der Waals surface area (Å²) in [6.45, 7) is 3.52. The van der Waals surface area contributed by atoms with Crippen LogP contribution < -0.4 is 10.5 Å². The lowest BCUT2D eigenvalue weighted by atomic mass is 10.1. The first kappa shape index (κ1) is 15.3. The van der Waals surface area contributed by atoms with Crippen LogP contribution in [0.5, 0.6) is 0 Å². The highest BCUT2D eigenvalue weighted by atomic mass is 32.2. The monoisotopic (exact) mass is 298 g/mol. The minimum absolute atomic E-state index is 0.0496. The number of rotatable bonds is 4. The second-order valence-corrected chi connectivity index (χ2v) is 7.01. The third-order valence-electron chi connectivity index (χ3n) is 3.98. The van der Waals surface area contributed by atoms with Gasteiger partial charge in [0.05, 0.1) is 11.0 Å². The van der Waals surface area contributed by atoms with Crippen molar-refractivity contribution in [3.63, 3.8) is 0 Å². The van der Waals surface area contributed by atoms with Gasteiger partial charge in [0.2, 0.25) is 10.0 Å². The Kier molecular flexibility index (Phi) is 4.36. The molecule has 2 rings (SSSR count). The number of aryl methyl sites for hydroxylation is 1. The zero-order valence-electron chi connectivity index (χ0n) is 12.1. The van der Waals surface area contributed by atoms with Gasteiger partial charge in [0, 0.05) is 18.8 Å². The number of anilines is 1. The van der Waals surface area contributed by atoms with E-state index in [2.05, 4.69) is 4.72 Å². The van der Waals surface area contributed by atoms with E-state index in [1.54, 1.807) is 33.1 Å². The molecule has 0 bridgehead atoms. The van der Waals surface area contributed by atoms with Gasteiger partial charge in [-0.1, -0.05) is 6.07 Å². The molecule has 3 N–H and O–H groups in total. The number of nitrogen functional groups attached to an aromatic ring is 1. The predicted molar refractivity (Wildman–Crippen MR) is 79.1 cm³/mol. The van der Waals surface area contributed by atoms with E-state index in [0.717, 1.165) is 19.3 Å². The van der Waals surface area contributed by atoms with Gasteiger partial charge in [0.25, 0.3) is 0 Å². The average Bonchev–Trinajstić information content (AvgIpc) is 2.80. The molecule has 0 aromatic heterocycles. The van der Waals surface area contributed by atoms with E-state index >= 15 is 0 Å². The smallest absolute Gasteiger partial charge is 0.241 e. The van der Waals surface area contributed by atoms with Gasteiger partial charge in [-0.2, -0.15) is 0 Å². The summed E-state index contributed by atoms with van der Waals surface area (Å²) in [5, 5.41) is 0. The molecule has 1 fully saturated rings. The summed E-state index contributed by atoms with van der Waals surface area (Å²) in [5.74, 6) is 0. The van der Waals surface area contributed by atoms with Gasteiger partial charge < -0.3 is 10.5 Å². The van der Waals surface area contributed by atoms with E-state index in [4.69, 9.17) is 10.5 Å². The summed E-state index contributed by atoms with van der Waals surface area (Å²) < 4.78 is 33.4. The molecule has 0 heterocycles. The predicted octanol–water partition coefficient (Wildman–Crippen LogP) is 1.73. The Morgan fingerprint density at radius 1 is 1.30 bits per heavy atom. The maximum Gasteiger partial charge on any atom is 0.241 e. The van der Waals surface area contributed by atoms with Crippen molar-refractivity contribution in [1.82, 2.24) is 4.72 Å². The molecule has 0 saturated heterocycles. The highest BCUT2D eigenvalue weighted by Crippen LogP contribution is 2.27. The first-order valence-corrected chi connectivity index (χ1v) is 8.26. The quantitative estimate of drug-likeness (QED) is 0.830. The fourth-order valence-electron chi connectivity index (χ4n) is 2.86. The van der Waals surface area contributed by atoms with Gasteiger partial charge in [0.15, 0.2) is 0 Å². The van der Waals surface area contributed by atoms with Crippen LogP contribution in [0.1, 0.15) is 30.4 Å². The van der Waals surface area contributed by atoms with Crippen LogP contribution in [0.3, 0.4) is 0 Å². The number of benzene rings is 1. The molecule has 0 aliphatic heterocycles. The SMILES string of the molecule is COC1CCCC1NS(=O)(=O)c1c(C)ccc(N)c1C. The maximum absolute atomic E-state index is 12.6. The normalized spacial score (nSPS) is 23.1. The van der Waals surface area contributed by atoms with E-state index in [0.29, 0.717) is 21.7 Å². The Hall–Kier alpha value is -1.11. The molecular weight excluding hydrogens is 276 g/mol. The van der Waals surface area contributed by atoms with Crippen molar-refractivity contribution < 1.29 is 13.2 Å². The molecule has 20 heavy (non-hydrogen) atoms. The van der Waals surface area contributed by atoms with Crippen LogP contribution in [0.25, 0.3) is 0 Å². The summed E-state index contributed by atoms with van der Waals surface area (Å²) in [4.78, 5) is 0.291. The number of hydrogen-bond donors (Lipinski definition) is 2. The molecule has 1 aromatic carbocycles.